The lowest BCUT2D eigenvalue weighted by Crippen LogP contribution is -2.14. The van der Waals surface area contributed by atoms with Crippen molar-refractivity contribution in [3.8, 4) is 5.69 Å². The van der Waals surface area contributed by atoms with Crippen LogP contribution in [0.25, 0.3) is 5.69 Å². The van der Waals surface area contributed by atoms with Crippen LogP contribution in [0.1, 0.15) is 11.4 Å². The minimum atomic E-state index is -3.67. The standard InChI is InChI=1S/C15H16N4O2S/c1-11-15(12(2)17-16-11)22(20,21)18-13-6-5-7-14(10-13)19-8-3-4-9-19/h3-10,18H,1-2H3,(H,16,17). The highest BCUT2D eigenvalue weighted by Gasteiger charge is 2.22. The Labute approximate surface area is 128 Å². The quantitative estimate of drug-likeness (QED) is 0.776. The van der Waals surface area contributed by atoms with Crippen molar-refractivity contribution in [2.75, 3.05) is 4.72 Å². The molecule has 3 aromatic rings. The number of benzene rings is 1. The lowest BCUT2D eigenvalue weighted by atomic mass is 10.3. The van der Waals surface area contributed by atoms with Gasteiger partial charge in [0.2, 0.25) is 0 Å². The highest BCUT2D eigenvalue weighted by molar-refractivity contribution is 7.92. The largest absolute Gasteiger partial charge is 0.324 e. The van der Waals surface area contributed by atoms with E-state index >= 15 is 0 Å². The van der Waals surface area contributed by atoms with E-state index < -0.39 is 10.0 Å². The average molecular weight is 316 g/mol. The topological polar surface area (TPSA) is 79.8 Å². The molecule has 0 aliphatic rings. The average Bonchev–Trinajstić information content (AvgIpc) is 3.09. The molecule has 0 saturated heterocycles. The third-order valence-electron chi connectivity index (χ3n) is 3.33. The Bertz CT molecular complexity index is 876. The summed E-state index contributed by atoms with van der Waals surface area (Å²) in [6, 6.07) is 11.0. The van der Waals surface area contributed by atoms with Crippen LogP contribution in [-0.4, -0.2) is 23.2 Å². The van der Waals surface area contributed by atoms with Crippen LogP contribution in [-0.2, 0) is 10.0 Å². The molecule has 0 radical (unpaired) electrons. The van der Waals surface area contributed by atoms with Crippen molar-refractivity contribution in [3.05, 3.63) is 60.2 Å². The summed E-state index contributed by atoms with van der Waals surface area (Å²) in [5, 5.41) is 6.62. The summed E-state index contributed by atoms with van der Waals surface area (Å²) in [4.78, 5) is 0.193. The van der Waals surface area contributed by atoms with Crippen LogP contribution in [0.5, 0.6) is 0 Å². The van der Waals surface area contributed by atoms with Gasteiger partial charge in [0.25, 0.3) is 10.0 Å². The number of sulfonamides is 1. The van der Waals surface area contributed by atoms with Crippen molar-refractivity contribution in [3.63, 3.8) is 0 Å². The third-order valence-corrected chi connectivity index (χ3v) is 4.97. The molecule has 0 amide bonds. The van der Waals surface area contributed by atoms with Gasteiger partial charge in [-0.05, 0) is 44.2 Å². The highest BCUT2D eigenvalue weighted by atomic mass is 32.2. The lowest BCUT2D eigenvalue weighted by molar-refractivity contribution is 0.600. The molecule has 1 aromatic carbocycles. The zero-order valence-electron chi connectivity index (χ0n) is 12.2. The summed E-state index contributed by atoms with van der Waals surface area (Å²) in [6.45, 7) is 3.35. The lowest BCUT2D eigenvalue weighted by Gasteiger charge is -2.10. The Balaban J connectivity index is 1.95. The summed E-state index contributed by atoms with van der Waals surface area (Å²) in [5.41, 5.74) is 2.36. The van der Waals surface area contributed by atoms with E-state index in [4.69, 9.17) is 0 Å². The maximum Gasteiger partial charge on any atom is 0.265 e. The number of rotatable bonds is 4. The minimum absolute atomic E-state index is 0.193. The SMILES string of the molecule is Cc1n[nH]c(C)c1S(=O)(=O)Nc1cccc(-n2cccc2)c1. The molecule has 0 spiro atoms. The van der Waals surface area contributed by atoms with E-state index in [9.17, 15) is 8.42 Å². The van der Waals surface area contributed by atoms with Crippen molar-refractivity contribution in [2.24, 2.45) is 0 Å². The first kappa shape index (κ1) is 14.4. The summed E-state index contributed by atoms with van der Waals surface area (Å²) >= 11 is 0. The second kappa shape index (κ2) is 5.34. The number of anilines is 1. The van der Waals surface area contributed by atoms with Gasteiger partial charge in [0.05, 0.1) is 17.1 Å². The van der Waals surface area contributed by atoms with Gasteiger partial charge in [0.15, 0.2) is 0 Å². The molecule has 0 unspecified atom stereocenters. The Morgan fingerprint density at radius 3 is 2.50 bits per heavy atom. The zero-order valence-corrected chi connectivity index (χ0v) is 13.1. The fraction of sp³-hybridized carbons (Fsp3) is 0.133. The van der Waals surface area contributed by atoms with E-state index in [2.05, 4.69) is 14.9 Å². The molecule has 6 nitrogen and oxygen atoms in total. The summed E-state index contributed by atoms with van der Waals surface area (Å²) in [6.07, 6.45) is 3.80. The van der Waals surface area contributed by atoms with Crippen molar-refractivity contribution in [2.45, 2.75) is 18.7 Å². The van der Waals surface area contributed by atoms with Crippen molar-refractivity contribution < 1.29 is 8.42 Å². The number of hydrogen-bond acceptors (Lipinski definition) is 3. The Morgan fingerprint density at radius 1 is 1.14 bits per heavy atom. The number of aromatic amines is 1. The van der Waals surface area contributed by atoms with Crippen LogP contribution in [0.4, 0.5) is 5.69 Å². The monoisotopic (exact) mass is 316 g/mol. The molecule has 0 saturated carbocycles. The molecule has 0 atom stereocenters. The molecule has 7 heteroatoms. The van der Waals surface area contributed by atoms with Crippen LogP contribution < -0.4 is 4.72 Å². The smallest absolute Gasteiger partial charge is 0.265 e. The molecule has 114 valence electrons. The minimum Gasteiger partial charge on any atom is -0.324 e. The van der Waals surface area contributed by atoms with Gasteiger partial charge >= 0.3 is 0 Å². The number of H-pyrrole nitrogens is 1. The van der Waals surface area contributed by atoms with Crippen LogP contribution in [0.2, 0.25) is 0 Å². The van der Waals surface area contributed by atoms with Crippen LogP contribution in [0.3, 0.4) is 0 Å². The number of aromatic nitrogens is 3. The number of hydrogen-bond donors (Lipinski definition) is 2. The van der Waals surface area contributed by atoms with Gasteiger partial charge in [-0.1, -0.05) is 6.07 Å². The molecule has 0 fully saturated rings. The Hall–Kier alpha value is -2.54. The van der Waals surface area contributed by atoms with E-state index in [1.54, 1.807) is 26.0 Å². The Morgan fingerprint density at radius 2 is 1.86 bits per heavy atom. The normalized spacial score (nSPS) is 11.5. The molecular formula is C15H16N4O2S. The van der Waals surface area contributed by atoms with Crippen molar-refractivity contribution >= 4 is 15.7 Å². The number of nitrogens with zero attached hydrogens (tertiary/aromatic N) is 2. The first-order valence-electron chi connectivity index (χ1n) is 6.75. The molecule has 0 bridgehead atoms. The van der Waals surface area contributed by atoms with Gasteiger partial charge in [-0.3, -0.25) is 9.82 Å². The zero-order chi connectivity index (χ0) is 15.7. The molecule has 0 aliphatic heterocycles. The van der Waals surface area contributed by atoms with Crippen LogP contribution >= 0.6 is 0 Å². The maximum absolute atomic E-state index is 12.5. The maximum atomic E-state index is 12.5. The number of nitrogens with one attached hydrogen (secondary N) is 2. The van der Waals surface area contributed by atoms with E-state index in [1.807, 2.05) is 41.2 Å². The summed E-state index contributed by atoms with van der Waals surface area (Å²) < 4.78 is 29.6. The molecule has 2 aromatic heterocycles. The molecule has 2 N–H and O–H groups in total. The van der Waals surface area contributed by atoms with Gasteiger partial charge in [-0.2, -0.15) is 5.10 Å². The van der Waals surface area contributed by atoms with E-state index in [0.717, 1.165) is 5.69 Å². The van der Waals surface area contributed by atoms with Gasteiger partial charge in [-0.25, -0.2) is 8.42 Å². The predicted molar refractivity (Wildman–Crippen MR) is 84.6 cm³/mol. The molecular weight excluding hydrogens is 300 g/mol. The van der Waals surface area contributed by atoms with E-state index in [-0.39, 0.29) is 4.90 Å². The van der Waals surface area contributed by atoms with E-state index in [1.165, 1.54) is 0 Å². The first-order valence-corrected chi connectivity index (χ1v) is 8.23. The van der Waals surface area contributed by atoms with Crippen molar-refractivity contribution in [1.82, 2.24) is 14.8 Å². The first-order chi connectivity index (χ1) is 10.5. The fourth-order valence-electron chi connectivity index (χ4n) is 2.38. The number of aryl methyl sites for hydroxylation is 2. The summed E-state index contributed by atoms with van der Waals surface area (Å²) in [5.74, 6) is 0. The van der Waals surface area contributed by atoms with Gasteiger partial charge < -0.3 is 4.57 Å². The van der Waals surface area contributed by atoms with Gasteiger partial charge in [0, 0.05) is 18.1 Å². The van der Waals surface area contributed by atoms with Crippen LogP contribution in [0.15, 0.2) is 53.7 Å². The van der Waals surface area contributed by atoms with Crippen molar-refractivity contribution in [1.29, 1.82) is 0 Å². The van der Waals surface area contributed by atoms with E-state index in [0.29, 0.717) is 17.1 Å². The molecule has 0 aliphatic carbocycles. The second-order valence-electron chi connectivity index (χ2n) is 5.01. The predicted octanol–water partition coefficient (Wildman–Crippen LogP) is 2.62. The highest BCUT2D eigenvalue weighted by Crippen LogP contribution is 2.22. The van der Waals surface area contributed by atoms with Gasteiger partial charge in [0.1, 0.15) is 4.90 Å². The van der Waals surface area contributed by atoms with Crippen LogP contribution in [0, 0.1) is 13.8 Å². The second-order valence-corrected chi connectivity index (χ2v) is 6.63. The molecule has 22 heavy (non-hydrogen) atoms. The molecule has 3 rings (SSSR count). The third kappa shape index (κ3) is 2.62. The Kier molecular flexibility index (Phi) is 3.50. The molecule has 2 heterocycles. The van der Waals surface area contributed by atoms with Gasteiger partial charge in [-0.15, -0.1) is 0 Å². The summed E-state index contributed by atoms with van der Waals surface area (Å²) in [7, 11) is -3.67. The fourth-order valence-corrected chi connectivity index (χ4v) is 3.80.